The van der Waals surface area contributed by atoms with Crippen LogP contribution in [0.15, 0.2) is 24.3 Å². The molecule has 2 rings (SSSR count). The Hall–Kier alpha value is -1.51. The van der Waals surface area contributed by atoms with Crippen LogP contribution in [0.1, 0.15) is 52.4 Å². The maximum absolute atomic E-state index is 12.3. The van der Waals surface area contributed by atoms with Crippen LogP contribution in [0.3, 0.4) is 0 Å². The number of nitrogens with one attached hydrogen (secondary N) is 1. The van der Waals surface area contributed by atoms with Gasteiger partial charge in [0.25, 0.3) is 0 Å². The molecule has 1 heterocycles. The topological polar surface area (TPSA) is 32.3 Å². The van der Waals surface area contributed by atoms with Crippen molar-refractivity contribution >= 4 is 17.3 Å². The van der Waals surface area contributed by atoms with Crippen LogP contribution in [0.2, 0.25) is 0 Å². The third-order valence-electron chi connectivity index (χ3n) is 4.28. The summed E-state index contributed by atoms with van der Waals surface area (Å²) in [6.07, 6.45) is 7.11. The second-order valence-corrected chi connectivity index (χ2v) is 6.10. The lowest BCUT2D eigenvalue weighted by atomic mass is 10.1. The van der Waals surface area contributed by atoms with Crippen LogP contribution in [-0.4, -0.2) is 19.0 Å². The molecule has 1 atom stereocenters. The fourth-order valence-electron chi connectivity index (χ4n) is 2.99. The molecular formula is C18H28N2O. The van der Waals surface area contributed by atoms with E-state index in [1.54, 1.807) is 0 Å². The predicted molar refractivity (Wildman–Crippen MR) is 89.8 cm³/mol. The first-order chi connectivity index (χ1) is 10.2. The molecule has 1 saturated heterocycles. The Morgan fingerprint density at radius 2 is 1.86 bits per heavy atom. The minimum absolute atomic E-state index is 0.0761. The van der Waals surface area contributed by atoms with Gasteiger partial charge >= 0.3 is 0 Å². The lowest BCUT2D eigenvalue weighted by molar-refractivity contribution is -0.119. The zero-order chi connectivity index (χ0) is 15.1. The number of rotatable bonds is 5. The van der Waals surface area contributed by atoms with E-state index >= 15 is 0 Å². The first-order valence-electron chi connectivity index (χ1n) is 8.37. The summed E-state index contributed by atoms with van der Waals surface area (Å²) in [4.78, 5) is 14.7. The summed E-state index contributed by atoms with van der Waals surface area (Å²) >= 11 is 0. The molecule has 1 N–H and O–H groups in total. The number of carbonyl (C=O) groups is 1. The van der Waals surface area contributed by atoms with Crippen molar-refractivity contribution in [3.8, 4) is 0 Å². The lowest BCUT2D eigenvalue weighted by Gasteiger charge is -2.26. The fourth-order valence-corrected chi connectivity index (χ4v) is 2.99. The molecule has 0 spiro atoms. The van der Waals surface area contributed by atoms with Crippen molar-refractivity contribution in [3.05, 3.63) is 24.3 Å². The van der Waals surface area contributed by atoms with Gasteiger partial charge in [0, 0.05) is 19.0 Å². The minimum atomic E-state index is 0.0761. The number of carbonyl (C=O) groups excluding carboxylic acids is 1. The van der Waals surface area contributed by atoms with E-state index in [9.17, 15) is 4.79 Å². The summed E-state index contributed by atoms with van der Waals surface area (Å²) < 4.78 is 0. The highest BCUT2D eigenvalue weighted by atomic mass is 16.1. The van der Waals surface area contributed by atoms with E-state index < -0.39 is 0 Å². The van der Waals surface area contributed by atoms with Gasteiger partial charge in [-0.1, -0.05) is 45.2 Å². The van der Waals surface area contributed by atoms with Gasteiger partial charge < -0.3 is 10.2 Å². The first-order valence-corrected chi connectivity index (χ1v) is 8.37. The van der Waals surface area contributed by atoms with Gasteiger partial charge in [-0.05, 0) is 31.4 Å². The van der Waals surface area contributed by atoms with Crippen molar-refractivity contribution in [2.24, 2.45) is 5.92 Å². The summed E-state index contributed by atoms with van der Waals surface area (Å²) in [5, 5.41) is 3.13. The van der Waals surface area contributed by atoms with E-state index in [2.05, 4.69) is 29.3 Å². The van der Waals surface area contributed by atoms with Gasteiger partial charge in [0.15, 0.2) is 0 Å². The third kappa shape index (κ3) is 4.48. The number of anilines is 2. The van der Waals surface area contributed by atoms with Gasteiger partial charge in [-0.25, -0.2) is 0 Å². The zero-order valence-electron chi connectivity index (χ0n) is 13.4. The highest BCUT2D eigenvalue weighted by molar-refractivity contribution is 5.95. The molecule has 116 valence electrons. The maximum Gasteiger partial charge on any atom is 0.227 e. The highest BCUT2D eigenvalue weighted by Gasteiger charge is 2.17. The minimum Gasteiger partial charge on any atom is -0.370 e. The Bertz CT molecular complexity index is 450. The molecule has 1 fully saturated rings. The normalized spacial score (nSPS) is 17.1. The molecule has 0 saturated carbocycles. The number of para-hydroxylation sites is 2. The standard InChI is InChI=1S/C18H28N2O/c1-3-10-15(2)18(21)19-16-11-6-7-12-17(16)20-13-8-4-5-9-14-20/h6-7,11-12,15H,3-5,8-10,13-14H2,1-2H3,(H,19,21). The molecule has 0 aliphatic carbocycles. The average Bonchev–Trinajstić information content (AvgIpc) is 2.77. The largest absolute Gasteiger partial charge is 0.370 e. The molecule has 1 aliphatic heterocycles. The van der Waals surface area contributed by atoms with E-state index in [4.69, 9.17) is 0 Å². The zero-order valence-corrected chi connectivity index (χ0v) is 13.4. The molecule has 21 heavy (non-hydrogen) atoms. The second-order valence-electron chi connectivity index (χ2n) is 6.10. The van der Waals surface area contributed by atoms with Crippen molar-refractivity contribution in [1.82, 2.24) is 0 Å². The third-order valence-corrected chi connectivity index (χ3v) is 4.28. The van der Waals surface area contributed by atoms with Gasteiger partial charge in [0.2, 0.25) is 5.91 Å². The first kappa shape index (κ1) is 15.9. The lowest BCUT2D eigenvalue weighted by Crippen LogP contribution is -2.27. The van der Waals surface area contributed by atoms with Crippen molar-refractivity contribution in [3.63, 3.8) is 0 Å². The number of benzene rings is 1. The summed E-state index contributed by atoms with van der Waals surface area (Å²) in [7, 11) is 0. The Morgan fingerprint density at radius 1 is 1.19 bits per heavy atom. The van der Waals surface area contributed by atoms with Crippen LogP contribution in [0, 0.1) is 5.92 Å². The van der Waals surface area contributed by atoms with Crippen molar-refractivity contribution in [1.29, 1.82) is 0 Å². The molecule has 1 unspecified atom stereocenters. The Morgan fingerprint density at radius 3 is 2.52 bits per heavy atom. The Balaban J connectivity index is 2.10. The molecule has 3 heteroatoms. The molecule has 0 radical (unpaired) electrons. The smallest absolute Gasteiger partial charge is 0.227 e. The molecule has 3 nitrogen and oxygen atoms in total. The monoisotopic (exact) mass is 288 g/mol. The van der Waals surface area contributed by atoms with Gasteiger partial charge in [0.1, 0.15) is 0 Å². The average molecular weight is 288 g/mol. The van der Waals surface area contributed by atoms with Crippen LogP contribution >= 0.6 is 0 Å². The van der Waals surface area contributed by atoms with Crippen molar-refractivity contribution in [2.75, 3.05) is 23.3 Å². The fraction of sp³-hybridized carbons (Fsp3) is 0.611. The Kier molecular flexibility index (Phi) is 6.09. The van der Waals surface area contributed by atoms with Crippen LogP contribution in [0.25, 0.3) is 0 Å². The van der Waals surface area contributed by atoms with Crippen LogP contribution in [-0.2, 0) is 4.79 Å². The summed E-state index contributed by atoms with van der Waals surface area (Å²) in [5.74, 6) is 0.214. The van der Waals surface area contributed by atoms with Gasteiger partial charge in [0.05, 0.1) is 11.4 Å². The Labute approximate surface area is 128 Å². The van der Waals surface area contributed by atoms with Gasteiger partial charge in [-0.15, -0.1) is 0 Å². The van der Waals surface area contributed by atoms with Crippen LogP contribution in [0.5, 0.6) is 0 Å². The highest BCUT2D eigenvalue weighted by Crippen LogP contribution is 2.28. The van der Waals surface area contributed by atoms with Crippen molar-refractivity contribution in [2.45, 2.75) is 52.4 Å². The second kappa shape index (κ2) is 8.06. The van der Waals surface area contributed by atoms with Crippen molar-refractivity contribution < 1.29 is 4.79 Å². The van der Waals surface area contributed by atoms with E-state index in [-0.39, 0.29) is 11.8 Å². The molecule has 1 amide bonds. The van der Waals surface area contributed by atoms with Gasteiger partial charge in [-0.3, -0.25) is 4.79 Å². The molecule has 1 aliphatic rings. The van der Waals surface area contributed by atoms with Crippen LogP contribution in [0.4, 0.5) is 11.4 Å². The summed E-state index contributed by atoms with van der Waals surface area (Å²) in [5.41, 5.74) is 2.14. The summed E-state index contributed by atoms with van der Waals surface area (Å²) in [6.45, 7) is 6.32. The number of nitrogens with zero attached hydrogens (tertiary/aromatic N) is 1. The molecular weight excluding hydrogens is 260 g/mol. The van der Waals surface area contributed by atoms with E-state index in [0.717, 1.165) is 31.6 Å². The number of amides is 1. The maximum atomic E-state index is 12.3. The molecule has 0 bridgehead atoms. The van der Waals surface area contributed by atoms with E-state index in [0.29, 0.717) is 0 Å². The number of hydrogen-bond donors (Lipinski definition) is 1. The number of hydrogen-bond acceptors (Lipinski definition) is 2. The molecule has 0 aromatic heterocycles. The van der Waals surface area contributed by atoms with Gasteiger partial charge in [-0.2, -0.15) is 0 Å². The van der Waals surface area contributed by atoms with E-state index in [1.165, 1.54) is 31.4 Å². The van der Waals surface area contributed by atoms with Crippen LogP contribution < -0.4 is 10.2 Å². The summed E-state index contributed by atoms with van der Waals surface area (Å²) in [6, 6.07) is 8.22. The predicted octanol–water partition coefficient (Wildman–Crippen LogP) is 4.44. The SMILES string of the molecule is CCCC(C)C(=O)Nc1ccccc1N1CCCCCC1. The quantitative estimate of drug-likeness (QED) is 0.868. The van der Waals surface area contributed by atoms with E-state index in [1.807, 2.05) is 19.1 Å². The molecule has 1 aromatic rings. The molecule has 1 aromatic carbocycles.